The van der Waals surface area contributed by atoms with Crippen molar-refractivity contribution >= 4 is 29.2 Å². The molecule has 1 amide bonds. The van der Waals surface area contributed by atoms with Crippen molar-refractivity contribution in [2.45, 2.75) is 112 Å². The first-order valence-corrected chi connectivity index (χ1v) is 15.5. The molecule has 1 atom stereocenters. The van der Waals surface area contributed by atoms with E-state index in [1.165, 1.54) is 43.3 Å². The van der Waals surface area contributed by atoms with Crippen molar-refractivity contribution in [3.8, 4) is 0 Å². The van der Waals surface area contributed by atoms with Crippen molar-refractivity contribution < 1.29 is 23.5 Å². The minimum atomic E-state index is -0.760. The van der Waals surface area contributed by atoms with Crippen LogP contribution in [0.2, 0.25) is 0 Å². The van der Waals surface area contributed by atoms with Crippen LogP contribution in [0.5, 0.6) is 0 Å². The molecule has 6 nitrogen and oxygen atoms in total. The molecular formula is C33H55F2N3O3S. The molecule has 9 heteroatoms. The minimum absolute atomic E-state index is 0.0581. The number of imidazole rings is 1. The number of carbonyl (C=O) groups excluding carboxylic acids is 1. The number of hydrogen-bond donors (Lipinski definition) is 3. The molecule has 0 aliphatic rings. The maximum absolute atomic E-state index is 13.6. The first-order valence-electron chi connectivity index (χ1n) is 14.7. The number of aromatic amines is 1. The summed E-state index contributed by atoms with van der Waals surface area (Å²) in [5.74, 6) is -1.29. The summed E-state index contributed by atoms with van der Waals surface area (Å²) >= 11 is 1.45. The third-order valence-corrected chi connectivity index (χ3v) is 6.49. The zero-order valence-corrected chi connectivity index (χ0v) is 28.4. The second kappa shape index (κ2) is 26.9. The molecule has 3 N–H and O–H groups in total. The number of nitrogens with zero attached hydrogens (tertiary/aromatic N) is 1. The van der Waals surface area contributed by atoms with Gasteiger partial charge in [-0.15, -0.1) is 11.8 Å². The van der Waals surface area contributed by atoms with Crippen LogP contribution in [0.3, 0.4) is 0 Å². The summed E-state index contributed by atoms with van der Waals surface area (Å²) in [5, 5.41) is 11.6. The third kappa shape index (κ3) is 20.9. The zero-order valence-electron chi connectivity index (χ0n) is 27.6. The number of thioether (sulfide) groups is 1. The van der Waals surface area contributed by atoms with Crippen molar-refractivity contribution in [1.29, 1.82) is 0 Å². The number of rotatable bonds is 13. The molecule has 0 fully saturated rings. The lowest BCUT2D eigenvalue weighted by Crippen LogP contribution is -2.29. The van der Waals surface area contributed by atoms with E-state index in [0.717, 1.165) is 12.0 Å². The van der Waals surface area contributed by atoms with Gasteiger partial charge in [-0.3, -0.25) is 9.59 Å². The maximum Gasteiger partial charge on any atom is 0.319 e. The van der Waals surface area contributed by atoms with Gasteiger partial charge in [-0.2, -0.15) is 0 Å². The number of carbonyl (C=O) groups is 2. The molecule has 42 heavy (non-hydrogen) atoms. The second-order valence-electron chi connectivity index (χ2n) is 9.31. The van der Waals surface area contributed by atoms with Crippen molar-refractivity contribution in [3.63, 3.8) is 0 Å². The second-order valence-corrected chi connectivity index (χ2v) is 11.3. The molecule has 0 aromatic carbocycles. The highest BCUT2D eigenvalue weighted by Gasteiger charge is 2.29. The van der Waals surface area contributed by atoms with Crippen molar-refractivity contribution in [3.05, 3.63) is 71.9 Å². The van der Waals surface area contributed by atoms with Gasteiger partial charge in [0.15, 0.2) is 0 Å². The SMILES string of the molecule is C/C=C\C(C)SC(C)(C)C(=O)O.CC.CCCCC.C\C=C/C(CNC(=O)c1cnc(/C(C)=C/CC)[nH]1)=C(F)\C=C\F. The summed E-state index contributed by atoms with van der Waals surface area (Å²) < 4.78 is 25.0. The topological polar surface area (TPSA) is 95.1 Å². The van der Waals surface area contributed by atoms with E-state index in [-0.39, 0.29) is 29.4 Å². The Labute approximate surface area is 257 Å². The van der Waals surface area contributed by atoms with E-state index >= 15 is 0 Å². The molecule has 1 aromatic heterocycles. The smallest absolute Gasteiger partial charge is 0.319 e. The van der Waals surface area contributed by atoms with Gasteiger partial charge in [0.25, 0.3) is 5.91 Å². The fourth-order valence-corrected chi connectivity index (χ4v) is 4.34. The number of halogens is 2. The number of unbranched alkanes of at least 4 members (excludes halogenated alkanes) is 2. The Hall–Kier alpha value is -2.94. The molecule has 0 radical (unpaired) electrons. The van der Waals surface area contributed by atoms with Gasteiger partial charge in [0, 0.05) is 23.4 Å². The Bertz CT molecular complexity index is 1020. The molecule has 1 aromatic rings. The lowest BCUT2D eigenvalue weighted by molar-refractivity contribution is -0.138. The summed E-state index contributed by atoms with van der Waals surface area (Å²) in [6.45, 7) is 21.4. The van der Waals surface area contributed by atoms with Crippen LogP contribution in [0.4, 0.5) is 8.78 Å². The Kier molecular flexibility index (Phi) is 27.9. The summed E-state index contributed by atoms with van der Waals surface area (Å²) in [4.78, 5) is 29.8. The van der Waals surface area contributed by atoms with Crippen molar-refractivity contribution in [2.75, 3.05) is 6.54 Å². The van der Waals surface area contributed by atoms with Crippen molar-refractivity contribution in [1.82, 2.24) is 15.3 Å². The van der Waals surface area contributed by atoms with Crippen LogP contribution in [0.25, 0.3) is 5.57 Å². The first kappa shape index (κ1) is 43.5. The number of aliphatic carboxylic acids is 1. The van der Waals surface area contributed by atoms with Crippen LogP contribution in [0.1, 0.15) is 118 Å². The average molecular weight is 612 g/mol. The predicted octanol–water partition coefficient (Wildman–Crippen LogP) is 10.0. The predicted molar refractivity (Wildman–Crippen MR) is 178 cm³/mol. The van der Waals surface area contributed by atoms with Gasteiger partial charge < -0.3 is 15.4 Å². The van der Waals surface area contributed by atoms with E-state index < -0.39 is 22.5 Å². The van der Waals surface area contributed by atoms with E-state index in [1.54, 1.807) is 26.8 Å². The lowest BCUT2D eigenvalue weighted by atomic mass is 10.2. The van der Waals surface area contributed by atoms with Crippen LogP contribution in [0.15, 0.2) is 60.4 Å². The Morgan fingerprint density at radius 1 is 1.14 bits per heavy atom. The molecule has 0 aliphatic carbocycles. The van der Waals surface area contributed by atoms with Gasteiger partial charge in [-0.05, 0) is 53.5 Å². The molecule has 0 aliphatic heterocycles. The monoisotopic (exact) mass is 611 g/mol. The van der Waals surface area contributed by atoms with Gasteiger partial charge in [0.05, 0.1) is 12.5 Å². The molecule has 1 unspecified atom stereocenters. The molecule has 0 bridgehead atoms. The largest absolute Gasteiger partial charge is 0.480 e. The summed E-state index contributed by atoms with van der Waals surface area (Å²) in [5.41, 5.74) is 1.40. The van der Waals surface area contributed by atoms with E-state index in [0.29, 0.717) is 11.9 Å². The van der Waals surface area contributed by atoms with E-state index in [9.17, 15) is 18.4 Å². The number of carboxylic acid groups (broad SMARTS) is 1. The molecular weight excluding hydrogens is 556 g/mol. The van der Waals surface area contributed by atoms with E-state index in [4.69, 9.17) is 5.11 Å². The fraction of sp³-hybridized carbons (Fsp3) is 0.545. The molecule has 1 heterocycles. The first-order chi connectivity index (χ1) is 19.8. The van der Waals surface area contributed by atoms with Gasteiger partial charge in [0.2, 0.25) is 0 Å². The van der Waals surface area contributed by atoms with Gasteiger partial charge in [-0.1, -0.05) is 84.3 Å². The van der Waals surface area contributed by atoms with Crippen LogP contribution in [0, 0.1) is 0 Å². The Morgan fingerprint density at radius 2 is 1.74 bits per heavy atom. The Balaban J connectivity index is -0.000000667. The van der Waals surface area contributed by atoms with Crippen molar-refractivity contribution in [2.24, 2.45) is 0 Å². The van der Waals surface area contributed by atoms with Crippen LogP contribution >= 0.6 is 11.8 Å². The van der Waals surface area contributed by atoms with Crippen LogP contribution < -0.4 is 5.32 Å². The number of hydrogen-bond acceptors (Lipinski definition) is 4. The van der Waals surface area contributed by atoms with Crippen LogP contribution in [-0.2, 0) is 4.79 Å². The van der Waals surface area contributed by atoms with Gasteiger partial charge >= 0.3 is 5.97 Å². The van der Waals surface area contributed by atoms with E-state index in [1.807, 2.05) is 59.8 Å². The normalized spacial score (nSPS) is 12.9. The van der Waals surface area contributed by atoms with Crippen LogP contribution in [-0.4, -0.2) is 43.5 Å². The highest BCUT2D eigenvalue weighted by atomic mass is 32.2. The number of allylic oxidation sites excluding steroid dienone is 6. The fourth-order valence-electron chi connectivity index (χ4n) is 3.08. The molecule has 0 saturated carbocycles. The average Bonchev–Trinajstić information content (AvgIpc) is 3.44. The van der Waals surface area contributed by atoms with E-state index in [2.05, 4.69) is 29.1 Å². The standard InChI is InChI=1S/C17H21F2N3O.C9H16O2S.C5H12.C2H6/c1-4-6-12(3)16-20-11-15(22-16)17(23)21-10-13(7-5-2)14(19)8-9-18;1-5-6-7(2)12-9(3,4)8(10)11;1-3-5-4-2;1-2/h5-9,11H,4,10H2,1-3H3,(H,20,22)(H,21,23);5-7H,1-4H3,(H,10,11);3-5H2,1-2H3;1-2H3/b7-5-,9-8+,12-6+,14-13-;6-5-;;. The summed E-state index contributed by atoms with van der Waals surface area (Å²) in [6.07, 6.45) is 16.2. The lowest BCUT2D eigenvalue weighted by Gasteiger charge is -2.21. The number of amides is 1. The quantitative estimate of drug-likeness (QED) is 0.152. The van der Waals surface area contributed by atoms with Gasteiger partial charge in [0.1, 0.15) is 22.1 Å². The molecule has 0 saturated heterocycles. The highest BCUT2D eigenvalue weighted by Crippen LogP contribution is 2.29. The Morgan fingerprint density at radius 3 is 2.17 bits per heavy atom. The number of aromatic nitrogens is 2. The summed E-state index contributed by atoms with van der Waals surface area (Å²) in [6, 6.07) is 0. The number of nitrogens with one attached hydrogen (secondary N) is 2. The molecule has 0 spiro atoms. The summed E-state index contributed by atoms with van der Waals surface area (Å²) in [7, 11) is 0. The zero-order chi connectivity index (χ0) is 33.1. The van der Waals surface area contributed by atoms with Gasteiger partial charge in [-0.25, -0.2) is 13.8 Å². The molecule has 240 valence electrons. The number of carboxylic acids is 1. The highest BCUT2D eigenvalue weighted by molar-refractivity contribution is 8.02. The minimum Gasteiger partial charge on any atom is -0.480 e. The maximum atomic E-state index is 13.6. The number of H-pyrrole nitrogens is 1. The third-order valence-electron chi connectivity index (χ3n) is 5.19. The molecule has 1 rings (SSSR count).